The zero-order valence-corrected chi connectivity index (χ0v) is 13.7. The molecule has 4 nitrogen and oxygen atoms in total. The highest BCUT2D eigenvalue weighted by atomic mass is 16.5. The first-order valence-corrected chi connectivity index (χ1v) is 8.45. The molecule has 0 spiro atoms. The van der Waals surface area contributed by atoms with Crippen molar-refractivity contribution in [3.8, 4) is 0 Å². The molecule has 118 valence electrons. The lowest BCUT2D eigenvalue weighted by atomic mass is 9.85. The Morgan fingerprint density at radius 2 is 2.00 bits per heavy atom. The van der Waals surface area contributed by atoms with Crippen LogP contribution in [0.25, 0.3) is 0 Å². The van der Waals surface area contributed by atoms with Crippen molar-refractivity contribution in [2.24, 2.45) is 5.92 Å². The molecule has 1 unspecified atom stereocenters. The monoisotopic (exact) mass is 291 g/mol. The SMILES string of the molecule is CCCNc1cc(C)nc(C(OCC)C2CCCCC2)n1. The van der Waals surface area contributed by atoms with Gasteiger partial charge in [0.15, 0.2) is 5.82 Å². The third kappa shape index (κ3) is 4.67. The number of rotatable bonds is 7. The van der Waals surface area contributed by atoms with Gasteiger partial charge in [0, 0.05) is 24.9 Å². The van der Waals surface area contributed by atoms with E-state index in [2.05, 4.69) is 24.1 Å². The standard InChI is InChI=1S/C17H29N3O/c1-4-11-18-15-12-13(3)19-17(20-15)16(21-5-2)14-9-7-6-8-10-14/h12,14,16H,4-11H2,1-3H3,(H,18,19,20). The van der Waals surface area contributed by atoms with Gasteiger partial charge in [-0.15, -0.1) is 0 Å². The fraction of sp³-hybridized carbons (Fsp3) is 0.765. The summed E-state index contributed by atoms with van der Waals surface area (Å²) in [5.41, 5.74) is 1.01. The van der Waals surface area contributed by atoms with E-state index in [1.54, 1.807) is 0 Å². The second-order valence-electron chi connectivity index (χ2n) is 5.95. The van der Waals surface area contributed by atoms with Crippen LogP contribution in [0.4, 0.5) is 5.82 Å². The summed E-state index contributed by atoms with van der Waals surface area (Å²) >= 11 is 0. The second-order valence-corrected chi connectivity index (χ2v) is 5.95. The van der Waals surface area contributed by atoms with E-state index in [-0.39, 0.29) is 6.10 Å². The minimum atomic E-state index is 0.0531. The van der Waals surface area contributed by atoms with Gasteiger partial charge >= 0.3 is 0 Å². The zero-order chi connectivity index (χ0) is 15.1. The molecular weight excluding hydrogens is 262 g/mol. The van der Waals surface area contributed by atoms with Gasteiger partial charge in [-0.1, -0.05) is 26.2 Å². The van der Waals surface area contributed by atoms with E-state index in [1.807, 2.05) is 13.0 Å². The van der Waals surface area contributed by atoms with Crippen molar-refractivity contribution in [2.45, 2.75) is 65.4 Å². The molecule has 0 bridgehead atoms. The first-order chi connectivity index (χ1) is 10.2. The molecule has 21 heavy (non-hydrogen) atoms. The first-order valence-electron chi connectivity index (χ1n) is 8.45. The Labute approximate surface area is 128 Å². The van der Waals surface area contributed by atoms with E-state index < -0.39 is 0 Å². The summed E-state index contributed by atoms with van der Waals surface area (Å²) in [4.78, 5) is 9.38. The van der Waals surface area contributed by atoms with Crippen LogP contribution < -0.4 is 5.32 Å². The number of nitrogens with zero attached hydrogens (tertiary/aromatic N) is 2. The van der Waals surface area contributed by atoms with Crippen LogP contribution >= 0.6 is 0 Å². The maximum atomic E-state index is 6.03. The quantitative estimate of drug-likeness (QED) is 0.815. The number of ether oxygens (including phenoxy) is 1. The van der Waals surface area contributed by atoms with Gasteiger partial charge in [0.05, 0.1) is 0 Å². The molecule has 0 radical (unpaired) electrons. The molecule has 1 aliphatic carbocycles. The van der Waals surface area contributed by atoms with Gasteiger partial charge in [-0.2, -0.15) is 0 Å². The number of aromatic nitrogens is 2. The van der Waals surface area contributed by atoms with Crippen molar-refractivity contribution in [3.63, 3.8) is 0 Å². The summed E-state index contributed by atoms with van der Waals surface area (Å²) in [5.74, 6) is 2.36. The Kier molecular flexibility index (Phi) is 6.43. The predicted octanol–water partition coefficient (Wildman–Crippen LogP) is 4.26. The average Bonchev–Trinajstić information content (AvgIpc) is 2.51. The Hall–Kier alpha value is -1.16. The Morgan fingerprint density at radius 3 is 2.67 bits per heavy atom. The fourth-order valence-corrected chi connectivity index (χ4v) is 3.10. The summed E-state index contributed by atoms with van der Waals surface area (Å²) in [7, 11) is 0. The molecular formula is C17H29N3O. The van der Waals surface area contributed by atoms with Crippen LogP contribution in [0.3, 0.4) is 0 Å². The van der Waals surface area contributed by atoms with Crippen LogP contribution in [0.15, 0.2) is 6.07 Å². The Morgan fingerprint density at radius 1 is 1.24 bits per heavy atom. The van der Waals surface area contributed by atoms with Gasteiger partial charge in [-0.25, -0.2) is 9.97 Å². The molecule has 1 aromatic rings. The molecule has 1 aliphatic rings. The van der Waals surface area contributed by atoms with Gasteiger partial charge in [0.1, 0.15) is 11.9 Å². The van der Waals surface area contributed by atoms with Crippen molar-refractivity contribution in [1.82, 2.24) is 9.97 Å². The van der Waals surface area contributed by atoms with E-state index in [0.29, 0.717) is 5.92 Å². The summed E-state index contributed by atoms with van der Waals surface area (Å²) in [5, 5.41) is 3.37. The molecule has 1 heterocycles. The molecule has 1 aromatic heterocycles. The topological polar surface area (TPSA) is 47.0 Å². The highest BCUT2D eigenvalue weighted by Crippen LogP contribution is 2.35. The molecule has 1 fully saturated rings. The minimum absolute atomic E-state index is 0.0531. The maximum absolute atomic E-state index is 6.03. The molecule has 1 N–H and O–H groups in total. The highest BCUT2D eigenvalue weighted by Gasteiger charge is 2.28. The number of anilines is 1. The van der Waals surface area contributed by atoms with Gasteiger partial charge < -0.3 is 10.1 Å². The predicted molar refractivity (Wildman–Crippen MR) is 86.5 cm³/mol. The normalized spacial score (nSPS) is 17.7. The van der Waals surface area contributed by atoms with Crippen LogP contribution in [0, 0.1) is 12.8 Å². The molecule has 0 aliphatic heterocycles. The van der Waals surface area contributed by atoms with Crippen molar-refractivity contribution < 1.29 is 4.74 Å². The van der Waals surface area contributed by atoms with Crippen LogP contribution in [0.2, 0.25) is 0 Å². The number of nitrogens with one attached hydrogen (secondary N) is 1. The van der Waals surface area contributed by atoms with E-state index >= 15 is 0 Å². The fourth-order valence-electron chi connectivity index (χ4n) is 3.10. The maximum Gasteiger partial charge on any atom is 0.160 e. The molecule has 4 heteroatoms. The third-order valence-electron chi connectivity index (χ3n) is 4.11. The van der Waals surface area contributed by atoms with Crippen molar-refractivity contribution in [3.05, 3.63) is 17.6 Å². The second kappa shape index (κ2) is 8.32. The summed E-state index contributed by atoms with van der Waals surface area (Å²) in [6.07, 6.45) is 7.59. The number of hydrogen-bond acceptors (Lipinski definition) is 4. The van der Waals surface area contributed by atoms with Crippen LogP contribution in [0.1, 0.15) is 70.0 Å². The largest absolute Gasteiger partial charge is 0.370 e. The van der Waals surface area contributed by atoms with E-state index in [0.717, 1.165) is 36.9 Å². The van der Waals surface area contributed by atoms with Gasteiger partial charge in [-0.3, -0.25) is 0 Å². The lowest BCUT2D eigenvalue weighted by Crippen LogP contribution is -2.22. The van der Waals surface area contributed by atoms with Crippen LogP contribution in [-0.4, -0.2) is 23.1 Å². The average molecular weight is 291 g/mol. The van der Waals surface area contributed by atoms with E-state index in [4.69, 9.17) is 9.72 Å². The van der Waals surface area contributed by atoms with E-state index in [9.17, 15) is 0 Å². The first kappa shape index (κ1) is 16.2. The molecule has 0 saturated heterocycles. The summed E-state index contributed by atoms with van der Waals surface area (Å²) < 4.78 is 6.03. The van der Waals surface area contributed by atoms with Crippen molar-refractivity contribution in [1.29, 1.82) is 0 Å². The lowest BCUT2D eigenvalue weighted by Gasteiger charge is -2.29. The lowest BCUT2D eigenvalue weighted by molar-refractivity contribution is -0.000194. The molecule has 1 saturated carbocycles. The van der Waals surface area contributed by atoms with Crippen LogP contribution in [0.5, 0.6) is 0 Å². The van der Waals surface area contributed by atoms with Crippen molar-refractivity contribution in [2.75, 3.05) is 18.5 Å². The molecule has 1 atom stereocenters. The molecule has 0 aromatic carbocycles. The van der Waals surface area contributed by atoms with Gasteiger partial charge in [-0.05, 0) is 39.0 Å². The summed E-state index contributed by atoms with van der Waals surface area (Å²) in [6.45, 7) is 7.91. The minimum Gasteiger partial charge on any atom is -0.370 e. The number of aryl methyl sites for hydroxylation is 1. The van der Waals surface area contributed by atoms with Gasteiger partial charge in [0.2, 0.25) is 0 Å². The Bertz CT molecular complexity index is 430. The third-order valence-corrected chi connectivity index (χ3v) is 4.11. The summed E-state index contributed by atoms with van der Waals surface area (Å²) in [6, 6.07) is 2.02. The Balaban J connectivity index is 2.19. The molecule has 2 rings (SSSR count). The molecule has 0 amide bonds. The zero-order valence-electron chi connectivity index (χ0n) is 13.7. The van der Waals surface area contributed by atoms with E-state index in [1.165, 1.54) is 32.1 Å². The van der Waals surface area contributed by atoms with Crippen molar-refractivity contribution >= 4 is 5.82 Å². The van der Waals surface area contributed by atoms with Crippen LogP contribution in [-0.2, 0) is 4.74 Å². The highest BCUT2D eigenvalue weighted by molar-refractivity contribution is 5.36. The smallest absolute Gasteiger partial charge is 0.160 e. The number of hydrogen-bond donors (Lipinski definition) is 1. The van der Waals surface area contributed by atoms with Gasteiger partial charge in [0.25, 0.3) is 0 Å².